The summed E-state index contributed by atoms with van der Waals surface area (Å²) in [6.45, 7) is -0.675. The molecule has 0 bridgehead atoms. The Hall–Kier alpha value is -6.52. The van der Waals surface area contributed by atoms with Crippen molar-refractivity contribution in [1.82, 2.24) is 0 Å². The number of aryl methyl sites for hydroxylation is 10. The first-order valence-corrected chi connectivity index (χ1v) is 24.7. The summed E-state index contributed by atoms with van der Waals surface area (Å²) in [7, 11) is 7.52. The van der Waals surface area contributed by atoms with Crippen molar-refractivity contribution >= 4 is 0 Å². The first kappa shape index (κ1) is 36.4. The molecule has 4 aromatic heterocycles. The van der Waals surface area contributed by atoms with Crippen LogP contribution in [0.3, 0.4) is 0 Å². The Morgan fingerprint density at radius 1 is 0.457 bits per heavy atom. The molecule has 0 aliphatic heterocycles. The molecule has 4 heteroatoms. The topological polar surface area (TPSA) is 15.5 Å². The lowest BCUT2D eigenvalue weighted by atomic mass is 9.88. The Labute approximate surface area is 440 Å². The second-order valence-electron chi connectivity index (χ2n) is 19.0. The average Bonchev–Trinajstić information content (AvgIpc) is 1.84. The van der Waals surface area contributed by atoms with Crippen LogP contribution in [0.4, 0.5) is 0 Å². The lowest BCUT2D eigenvalue weighted by Crippen LogP contribution is -2.36. The zero-order chi connectivity index (χ0) is 61.0. The third-order valence-corrected chi connectivity index (χ3v) is 14.0. The van der Waals surface area contributed by atoms with Gasteiger partial charge in [0.15, 0.2) is 23.8 Å². The van der Waals surface area contributed by atoms with Crippen LogP contribution in [0.15, 0.2) is 146 Å². The maximum atomic E-state index is 8.33. The van der Waals surface area contributed by atoms with E-state index in [0.29, 0.717) is 11.4 Å². The molecule has 10 rings (SSSR count). The van der Waals surface area contributed by atoms with Gasteiger partial charge in [-0.2, -0.15) is 9.13 Å². The first-order valence-electron chi connectivity index (χ1n) is 31.2. The van der Waals surface area contributed by atoms with Crippen molar-refractivity contribution in [2.45, 2.75) is 119 Å². The third-order valence-electron chi connectivity index (χ3n) is 14.0. The van der Waals surface area contributed by atoms with Crippen molar-refractivity contribution in [2.24, 2.45) is 28.2 Å². The summed E-state index contributed by atoms with van der Waals surface area (Å²) in [5.74, 6) is -2.03. The molecule has 1 atom stereocenters. The van der Waals surface area contributed by atoms with Crippen molar-refractivity contribution in [2.75, 3.05) is 0 Å². The number of fused-ring (bicyclic) bond motifs is 2. The molecule has 4 heterocycles. The van der Waals surface area contributed by atoms with E-state index in [2.05, 4.69) is 110 Å². The van der Waals surface area contributed by atoms with Crippen LogP contribution in [0, 0.1) is 48.3 Å². The largest absolute Gasteiger partial charge is 0.216 e. The van der Waals surface area contributed by atoms with Gasteiger partial charge in [-0.15, -0.1) is 0 Å². The lowest BCUT2D eigenvalue weighted by Gasteiger charge is -2.17. The number of rotatable bonds is 5. The molecule has 2 aliphatic rings. The van der Waals surface area contributed by atoms with Crippen LogP contribution in [0.5, 0.6) is 0 Å². The summed E-state index contributed by atoms with van der Waals surface area (Å²) in [4.78, 5) is 0. The minimum atomic E-state index is -2.65. The summed E-state index contributed by atoms with van der Waals surface area (Å²) in [5, 5.41) is 0. The molecule has 0 saturated heterocycles. The minimum Gasteiger partial charge on any atom is -0.201 e. The van der Waals surface area contributed by atoms with Gasteiger partial charge in [-0.1, -0.05) is 86.6 Å². The Bertz CT molecular complexity index is 3610. The smallest absolute Gasteiger partial charge is 0.201 e. The van der Waals surface area contributed by atoms with Crippen molar-refractivity contribution in [1.29, 1.82) is 0 Å². The average molecular weight is 942 g/mol. The van der Waals surface area contributed by atoms with Gasteiger partial charge in [-0.25, -0.2) is 9.13 Å². The third kappa shape index (κ3) is 11.7. The maximum Gasteiger partial charge on any atom is 0.216 e. The highest BCUT2D eigenvalue weighted by Crippen LogP contribution is 2.31. The van der Waals surface area contributed by atoms with E-state index in [1.54, 1.807) is 48.5 Å². The number of pyridine rings is 4. The van der Waals surface area contributed by atoms with Crippen LogP contribution in [0.2, 0.25) is 0 Å². The molecule has 70 heavy (non-hydrogen) atoms. The van der Waals surface area contributed by atoms with Gasteiger partial charge in [0.05, 0.1) is 0 Å². The van der Waals surface area contributed by atoms with E-state index in [9.17, 15) is 0 Å². The first-order chi connectivity index (χ1) is 38.8. The monoisotopic (exact) mass is 942 g/mol. The van der Waals surface area contributed by atoms with Gasteiger partial charge in [0, 0.05) is 100 Å². The summed E-state index contributed by atoms with van der Waals surface area (Å²) < 4.78 is 108. The number of aromatic nitrogens is 4. The van der Waals surface area contributed by atoms with Gasteiger partial charge in [0.2, 0.25) is 22.8 Å². The number of hydrogen-bond acceptors (Lipinski definition) is 0. The maximum absolute atomic E-state index is 8.33. The van der Waals surface area contributed by atoms with Gasteiger partial charge in [-0.3, -0.25) is 0 Å². The van der Waals surface area contributed by atoms with Crippen LogP contribution in [0.25, 0.3) is 45.0 Å². The fraction of sp³-hybridized carbons (Fsp3) is 0.333. The van der Waals surface area contributed by atoms with Crippen molar-refractivity contribution in [3.8, 4) is 45.0 Å². The molecule has 0 saturated carbocycles. The molecular formula is C66H80N4+4. The van der Waals surface area contributed by atoms with E-state index < -0.39 is 33.3 Å². The van der Waals surface area contributed by atoms with Gasteiger partial charge in [-0.05, 0) is 162 Å². The van der Waals surface area contributed by atoms with Gasteiger partial charge in [0.25, 0.3) is 0 Å². The second-order valence-corrected chi connectivity index (χ2v) is 19.0. The Kier molecular flexibility index (Phi) is 12.2. The second kappa shape index (κ2) is 23.4. The standard InChI is InChI=1S/2C17H20N.C17H22N.C15H18N/c1-13-7-3-6-10-16(13)17-11-14-8-4-5-9-15(14)12-18(17)2;1-13-7-3-5-9-15(13)17-16-10-6-4-8-14(16)11-12-18(17)2;1-12(2)15-10-11-17(18(5)14(15)4)16-9-7-6-8-13(16)3;1-11-9-10-15(16(4)13(11)3)14-8-6-5-7-12(14)2/h3,6-7,10-12H,4-5,8-9H2,1-2H3;3,5,7,9,11-12H,4,6,8,10H2,1-2H3;6-12H,1-5H3;5-10H,1-4H3/q4*+1/i;;1D3,4D3,12D;1D3,3D3. The van der Waals surface area contributed by atoms with E-state index in [1.807, 2.05) is 62.4 Å². The number of nitrogens with zero attached hydrogens (tertiary/aromatic N) is 4. The van der Waals surface area contributed by atoms with E-state index in [4.69, 9.17) is 17.8 Å². The Balaban J connectivity index is 0.000000160. The van der Waals surface area contributed by atoms with Gasteiger partial charge >= 0.3 is 0 Å². The summed E-state index contributed by atoms with van der Waals surface area (Å²) in [6.07, 6.45) is 14.9. The molecule has 0 spiro atoms. The van der Waals surface area contributed by atoms with Crippen LogP contribution in [-0.4, -0.2) is 0 Å². The fourth-order valence-corrected chi connectivity index (χ4v) is 9.90. The molecule has 0 radical (unpaired) electrons. The molecule has 1 unspecified atom stereocenters. The van der Waals surface area contributed by atoms with Gasteiger partial charge in [0.1, 0.15) is 28.2 Å². The highest BCUT2D eigenvalue weighted by Gasteiger charge is 2.24. The van der Waals surface area contributed by atoms with Gasteiger partial charge < -0.3 is 0 Å². The molecule has 0 amide bonds. The predicted molar refractivity (Wildman–Crippen MR) is 293 cm³/mol. The summed E-state index contributed by atoms with van der Waals surface area (Å²) in [5.41, 5.74) is 19.1. The predicted octanol–water partition coefficient (Wildman–Crippen LogP) is 13.8. The van der Waals surface area contributed by atoms with E-state index >= 15 is 0 Å². The zero-order valence-corrected chi connectivity index (χ0v) is 42.8. The minimum absolute atomic E-state index is 0.00710. The summed E-state index contributed by atoms with van der Waals surface area (Å²) in [6, 6.07) is 43.4. The fourth-order valence-electron chi connectivity index (χ4n) is 9.90. The Morgan fingerprint density at radius 3 is 1.49 bits per heavy atom. The van der Waals surface area contributed by atoms with Crippen LogP contribution in [-0.2, 0) is 53.9 Å². The van der Waals surface area contributed by atoms with Crippen LogP contribution < -0.4 is 18.3 Å². The SMILES string of the molecule is Cc1ccccc1-c1c2c(cc[n+]1C)CCCC2.Cc1ccccc1-c1cc2c(c[n+]1C)CCCC2.[2H]C([2H])([2H])c1c(C([2H])(C)C([2H])([2H])[2H])ccc(-c2ccccc2C)[n+]1C.[2H]C([2H])([2H])c1ccc(-c2ccccc2C)[n+](C)c1C([2H])([2H])[2H]. The Morgan fingerprint density at radius 2 is 0.943 bits per heavy atom. The molecule has 0 N–H and O–H groups in total. The molecule has 8 aromatic rings. The van der Waals surface area contributed by atoms with Crippen LogP contribution >= 0.6 is 0 Å². The lowest BCUT2D eigenvalue weighted by molar-refractivity contribution is -0.667. The normalized spacial score (nSPS) is 16.9. The van der Waals surface area contributed by atoms with Crippen molar-refractivity contribution in [3.05, 3.63) is 213 Å². The summed E-state index contributed by atoms with van der Waals surface area (Å²) >= 11 is 0. The highest BCUT2D eigenvalue weighted by atomic mass is 15.0. The molecule has 0 fully saturated rings. The van der Waals surface area contributed by atoms with E-state index in [1.165, 1.54) is 113 Å². The number of benzene rings is 4. The molecule has 2 aliphatic carbocycles. The highest BCUT2D eigenvalue weighted by molar-refractivity contribution is 5.66. The quantitative estimate of drug-likeness (QED) is 0.153. The zero-order valence-electron chi connectivity index (χ0n) is 55.8. The molecular weight excluding hydrogens is 849 g/mol. The molecule has 4 nitrogen and oxygen atoms in total. The molecule has 4 aromatic carbocycles. The van der Waals surface area contributed by atoms with Crippen molar-refractivity contribution in [3.63, 3.8) is 0 Å². The van der Waals surface area contributed by atoms with Crippen molar-refractivity contribution < 1.29 is 36.1 Å². The molecule has 360 valence electrons. The van der Waals surface area contributed by atoms with Crippen LogP contribution in [0.1, 0.15) is 130 Å². The van der Waals surface area contributed by atoms with E-state index in [-0.39, 0.29) is 22.5 Å². The number of hydrogen-bond donors (Lipinski definition) is 0. The van der Waals surface area contributed by atoms with E-state index in [0.717, 1.165) is 22.3 Å².